The van der Waals surface area contributed by atoms with E-state index < -0.39 is 21.8 Å². The largest absolute Gasteiger partial charge is 0.567 e. The van der Waals surface area contributed by atoms with Gasteiger partial charge in [-0.3, -0.25) is 9.09 Å². The summed E-state index contributed by atoms with van der Waals surface area (Å²) in [5, 5.41) is 0. The summed E-state index contributed by atoms with van der Waals surface area (Å²) in [5.74, 6) is -0.00607. The number of halogens is 4. The summed E-state index contributed by atoms with van der Waals surface area (Å²) in [4.78, 5) is 3.94. The average Bonchev–Trinajstić information content (AvgIpc) is 2.46. The summed E-state index contributed by atoms with van der Waals surface area (Å²) >= 11 is 0. The summed E-state index contributed by atoms with van der Waals surface area (Å²) in [6, 6.07) is 9.02. The molecule has 2 aromatic rings. The van der Waals surface area contributed by atoms with Gasteiger partial charge in [0.25, 0.3) is 0 Å². The van der Waals surface area contributed by atoms with Gasteiger partial charge >= 0.3 is 16.3 Å². The SMILES string of the molecule is [CH]Cc1[c-]c(-c2cccc(O[Si]F)n2)cc(C(F)(F)F)c1.[Ir]. The molecule has 0 saturated heterocycles. The molecule has 2 nitrogen and oxygen atoms in total. The van der Waals surface area contributed by atoms with Gasteiger partial charge in [-0.15, -0.1) is 29.3 Å². The van der Waals surface area contributed by atoms with Gasteiger partial charge in [-0.2, -0.15) is 13.2 Å². The van der Waals surface area contributed by atoms with E-state index in [4.69, 9.17) is 6.92 Å². The van der Waals surface area contributed by atoms with E-state index in [1.54, 1.807) is 0 Å². The van der Waals surface area contributed by atoms with Crippen molar-refractivity contribution in [3.8, 4) is 17.1 Å². The molecule has 0 bridgehead atoms. The van der Waals surface area contributed by atoms with Crippen molar-refractivity contribution in [2.45, 2.75) is 12.6 Å². The van der Waals surface area contributed by atoms with Gasteiger partial charge < -0.3 is 4.43 Å². The molecule has 0 spiro atoms. The van der Waals surface area contributed by atoms with Crippen LogP contribution < -0.4 is 4.43 Å². The molecule has 0 aliphatic carbocycles. The van der Waals surface area contributed by atoms with Gasteiger partial charge in [-0.25, -0.2) is 0 Å². The van der Waals surface area contributed by atoms with Crippen molar-refractivity contribution < 1.29 is 41.8 Å². The topological polar surface area (TPSA) is 22.1 Å². The Labute approximate surface area is 141 Å². The van der Waals surface area contributed by atoms with Crippen LogP contribution in [0.5, 0.6) is 5.88 Å². The third kappa shape index (κ3) is 4.63. The van der Waals surface area contributed by atoms with E-state index in [1.165, 1.54) is 18.2 Å². The Kier molecular flexibility index (Phi) is 6.71. The van der Waals surface area contributed by atoms with E-state index in [1.807, 2.05) is 0 Å². The molecular weight excluding hydrogens is 494 g/mol. The first-order valence-corrected chi connectivity index (χ1v) is 6.56. The summed E-state index contributed by atoms with van der Waals surface area (Å²) in [6.45, 7) is 5.39. The minimum Gasteiger partial charge on any atom is -0.501 e. The average molecular weight is 503 g/mol. The smallest absolute Gasteiger partial charge is 0.501 e. The van der Waals surface area contributed by atoms with Gasteiger partial charge in [0.1, 0.15) is 0 Å². The fourth-order valence-corrected chi connectivity index (χ4v) is 1.90. The molecule has 1 aromatic heterocycles. The fraction of sp³-hybridized carbons (Fsp3) is 0.143. The zero-order valence-corrected chi connectivity index (χ0v) is 14.3. The van der Waals surface area contributed by atoms with E-state index in [-0.39, 0.29) is 49.2 Å². The van der Waals surface area contributed by atoms with Crippen LogP contribution in [0.1, 0.15) is 11.1 Å². The van der Waals surface area contributed by atoms with E-state index in [9.17, 15) is 17.3 Å². The number of aromatic nitrogens is 1. The molecule has 8 heteroatoms. The number of benzene rings is 1. The maximum Gasteiger partial charge on any atom is 0.567 e. The Morgan fingerprint density at radius 2 is 2.00 bits per heavy atom. The van der Waals surface area contributed by atoms with Crippen molar-refractivity contribution in [1.82, 2.24) is 4.98 Å². The van der Waals surface area contributed by atoms with Crippen LogP contribution in [0.25, 0.3) is 11.3 Å². The molecule has 0 unspecified atom stereocenters. The van der Waals surface area contributed by atoms with Gasteiger partial charge in [-0.1, -0.05) is 12.1 Å². The molecule has 117 valence electrons. The van der Waals surface area contributed by atoms with Crippen LogP contribution in [0.4, 0.5) is 17.3 Å². The Morgan fingerprint density at radius 3 is 2.59 bits per heavy atom. The summed E-state index contributed by atoms with van der Waals surface area (Å²) in [7, 11) is -1.30. The molecular formula is C14H8F4IrNOSi-. The van der Waals surface area contributed by atoms with Crippen molar-refractivity contribution in [2.24, 2.45) is 0 Å². The molecule has 5 radical (unpaired) electrons. The van der Waals surface area contributed by atoms with Crippen LogP contribution in [-0.4, -0.2) is 15.1 Å². The first kappa shape index (κ1) is 18.8. The Morgan fingerprint density at radius 1 is 1.27 bits per heavy atom. The second-order valence-electron chi connectivity index (χ2n) is 4.05. The van der Waals surface area contributed by atoms with Gasteiger partial charge in [0.15, 0.2) is 5.88 Å². The van der Waals surface area contributed by atoms with Crippen molar-refractivity contribution in [3.63, 3.8) is 0 Å². The minimum absolute atomic E-state index is 0. The van der Waals surface area contributed by atoms with Crippen molar-refractivity contribution >= 4 is 10.1 Å². The predicted octanol–water partition coefficient (Wildman–Crippen LogP) is 3.70. The number of pyridine rings is 1. The number of rotatable bonds is 4. The Balaban J connectivity index is 0.00000242. The van der Waals surface area contributed by atoms with E-state index in [0.29, 0.717) is 0 Å². The number of nitrogens with zero attached hydrogens (tertiary/aromatic N) is 1. The molecule has 0 aliphatic rings. The van der Waals surface area contributed by atoms with Crippen molar-refractivity contribution in [3.05, 3.63) is 54.4 Å². The number of hydrogen-bond acceptors (Lipinski definition) is 2. The number of alkyl halides is 3. The van der Waals surface area contributed by atoms with E-state index >= 15 is 0 Å². The summed E-state index contributed by atoms with van der Waals surface area (Å²) < 4.78 is 55.3. The van der Waals surface area contributed by atoms with Crippen LogP contribution in [-0.2, 0) is 32.7 Å². The molecule has 2 rings (SSSR count). The van der Waals surface area contributed by atoms with Gasteiger partial charge in [-0.05, 0) is 30.7 Å². The third-order valence-electron chi connectivity index (χ3n) is 2.61. The molecule has 1 aromatic carbocycles. The second-order valence-corrected chi connectivity index (χ2v) is 4.41. The van der Waals surface area contributed by atoms with Crippen LogP contribution in [0.2, 0.25) is 0 Å². The quantitative estimate of drug-likeness (QED) is 0.275. The summed E-state index contributed by atoms with van der Waals surface area (Å²) in [5.41, 5.74) is -0.304. The van der Waals surface area contributed by atoms with Crippen molar-refractivity contribution in [1.29, 1.82) is 0 Å². The van der Waals surface area contributed by atoms with Gasteiger partial charge in [0, 0.05) is 20.1 Å². The standard InChI is InChI=1S/C14H8F4NOSi.Ir/c1-2-9-6-10(8-11(7-9)14(15,16)17)12-4-3-5-13(19-12)20-21-18;/h1,3-5,7-8H,2H2;/q-1;. The normalized spacial score (nSPS) is 11.0. The minimum atomic E-state index is -4.50. The van der Waals surface area contributed by atoms with Gasteiger partial charge in [0.05, 0.1) is 0 Å². The molecule has 0 N–H and O–H groups in total. The maximum absolute atomic E-state index is 12.9. The molecule has 0 fully saturated rings. The molecule has 0 amide bonds. The van der Waals surface area contributed by atoms with E-state index in [0.717, 1.165) is 12.1 Å². The molecule has 1 heterocycles. The maximum atomic E-state index is 12.9. The first-order valence-electron chi connectivity index (χ1n) is 5.77. The molecule has 0 atom stereocenters. The third-order valence-corrected chi connectivity index (χ3v) is 2.90. The van der Waals surface area contributed by atoms with Crippen molar-refractivity contribution in [2.75, 3.05) is 0 Å². The van der Waals surface area contributed by atoms with Crippen LogP contribution >= 0.6 is 0 Å². The monoisotopic (exact) mass is 503 g/mol. The Hall–Kier alpha value is -1.24. The summed E-state index contributed by atoms with van der Waals surface area (Å²) in [6.07, 6.45) is -4.58. The Bertz CT molecular complexity index is 636. The van der Waals surface area contributed by atoms with Crippen LogP contribution in [0.15, 0.2) is 30.3 Å². The van der Waals surface area contributed by atoms with E-state index in [2.05, 4.69) is 15.5 Å². The van der Waals surface area contributed by atoms with Gasteiger partial charge in [0.2, 0.25) is 0 Å². The van der Waals surface area contributed by atoms with Crippen LogP contribution in [0, 0.1) is 13.0 Å². The fourth-order valence-electron chi connectivity index (χ4n) is 1.70. The zero-order valence-electron chi connectivity index (χ0n) is 10.9. The molecule has 0 aliphatic heterocycles. The van der Waals surface area contributed by atoms with Crippen LogP contribution in [0.3, 0.4) is 0 Å². The molecule has 22 heavy (non-hydrogen) atoms. The number of hydrogen-bond donors (Lipinski definition) is 0. The predicted molar refractivity (Wildman–Crippen MR) is 69.0 cm³/mol. The molecule has 0 saturated carbocycles. The first-order chi connectivity index (χ1) is 9.94. The zero-order chi connectivity index (χ0) is 15.5. The second kappa shape index (κ2) is 7.85.